The average molecular weight is 432 g/mol. The van der Waals surface area contributed by atoms with Crippen molar-refractivity contribution in [3.8, 4) is 11.5 Å². The van der Waals surface area contributed by atoms with Gasteiger partial charge < -0.3 is 14.8 Å². The van der Waals surface area contributed by atoms with Gasteiger partial charge >= 0.3 is 0 Å². The molecule has 0 spiro atoms. The van der Waals surface area contributed by atoms with Crippen LogP contribution in [0.3, 0.4) is 0 Å². The summed E-state index contributed by atoms with van der Waals surface area (Å²) < 4.78 is 12.6. The second-order valence-electron chi connectivity index (χ2n) is 5.99. The number of halogens is 1. The summed E-state index contributed by atoms with van der Waals surface area (Å²) in [5, 5.41) is 5.56. The van der Waals surface area contributed by atoms with Crippen LogP contribution in [0, 0.1) is 6.92 Å². The molecule has 0 saturated heterocycles. The molecule has 0 amide bonds. The highest BCUT2D eigenvalue weighted by molar-refractivity contribution is 9.10. The second-order valence-corrected chi connectivity index (χ2v) is 7.88. The van der Waals surface area contributed by atoms with Gasteiger partial charge in [0.1, 0.15) is 6.61 Å². The fourth-order valence-corrected chi connectivity index (χ4v) is 3.78. The van der Waals surface area contributed by atoms with Crippen LogP contribution in [0.15, 0.2) is 58.4 Å². The van der Waals surface area contributed by atoms with Crippen molar-refractivity contribution < 1.29 is 9.47 Å². The third kappa shape index (κ3) is 4.87. The van der Waals surface area contributed by atoms with Crippen molar-refractivity contribution in [2.45, 2.75) is 26.6 Å². The van der Waals surface area contributed by atoms with Crippen LogP contribution in [0.2, 0.25) is 0 Å². The van der Waals surface area contributed by atoms with Crippen LogP contribution in [0.5, 0.6) is 11.5 Å². The van der Waals surface area contributed by atoms with Crippen LogP contribution in [0.1, 0.15) is 21.6 Å². The molecule has 0 bridgehead atoms. The lowest BCUT2D eigenvalue weighted by atomic mass is 10.1. The van der Waals surface area contributed by atoms with E-state index < -0.39 is 0 Å². The van der Waals surface area contributed by atoms with Gasteiger partial charge in [-0.05, 0) is 47.2 Å². The fourth-order valence-electron chi connectivity index (χ4n) is 2.65. The summed E-state index contributed by atoms with van der Waals surface area (Å²) in [6.07, 6.45) is 0. The molecule has 3 nitrogen and oxygen atoms in total. The lowest BCUT2D eigenvalue weighted by Gasteiger charge is -2.15. The Morgan fingerprint density at radius 1 is 1.00 bits per heavy atom. The van der Waals surface area contributed by atoms with E-state index in [4.69, 9.17) is 9.47 Å². The number of nitrogens with one attached hydrogen (secondary N) is 1. The number of hydrogen-bond donors (Lipinski definition) is 1. The predicted molar refractivity (Wildman–Crippen MR) is 111 cm³/mol. The van der Waals surface area contributed by atoms with Gasteiger partial charge in [0.2, 0.25) is 0 Å². The Morgan fingerprint density at radius 3 is 2.58 bits per heavy atom. The van der Waals surface area contributed by atoms with Crippen molar-refractivity contribution in [3.63, 3.8) is 0 Å². The van der Waals surface area contributed by atoms with Crippen molar-refractivity contribution in [1.29, 1.82) is 0 Å². The number of methoxy groups -OCH3 is 1. The van der Waals surface area contributed by atoms with Crippen LogP contribution in [0.25, 0.3) is 0 Å². The van der Waals surface area contributed by atoms with Crippen molar-refractivity contribution in [1.82, 2.24) is 5.32 Å². The first-order valence-corrected chi connectivity index (χ1v) is 10.1. The van der Waals surface area contributed by atoms with E-state index in [-0.39, 0.29) is 0 Å². The molecule has 26 heavy (non-hydrogen) atoms. The van der Waals surface area contributed by atoms with Gasteiger partial charge in [0.15, 0.2) is 11.5 Å². The van der Waals surface area contributed by atoms with E-state index >= 15 is 0 Å². The average Bonchev–Trinajstić information content (AvgIpc) is 3.16. The number of thiophene rings is 1. The molecule has 0 unspecified atom stereocenters. The van der Waals surface area contributed by atoms with E-state index in [1.165, 1.54) is 16.0 Å². The summed E-state index contributed by atoms with van der Waals surface area (Å²) >= 11 is 5.42. The van der Waals surface area contributed by atoms with E-state index in [0.717, 1.165) is 34.6 Å². The summed E-state index contributed by atoms with van der Waals surface area (Å²) in [4.78, 5) is 1.33. The summed E-state index contributed by atoms with van der Waals surface area (Å²) in [5.41, 5.74) is 3.54. The maximum Gasteiger partial charge on any atom is 0.162 e. The summed E-state index contributed by atoms with van der Waals surface area (Å²) in [5.74, 6) is 1.49. The highest BCUT2D eigenvalue weighted by atomic mass is 79.9. The third-order valence-electron chi connectivity index (χ3n) is 4.17. The molecule has 3 aromatic rings. The van der Waals surface area contributed by atoms with Crippen molar-refractivity contribution in [3.05, 3.63) is 80.0 Å². The first-order chi connectivity index (χ1) is 12.7. The highest BCUT2D eigenvalue weighted by Gasteiger charge is 2.11. The zero-order valence-electron chi connectivity index (χ0n) is 14.9. The van der Waals surface area contributed by atoms with Crippen molar-refractivity contribution >= 4 is 27.3 Å². The summed E-state index contributed by atoms with van der Waals surface area (Å²) in [7, 11) is 1.67. The zero-order chi connectivity index (χ0) is 18.4. The van der Waals surface area contributed by atoms with Gasteiger partial charge in [0.25, 0.3) is 0 Å². The largest absolute Gasteiger partial charge is 0.493 e. The topological polar surface area (TPSA) is 30.5 Å². The van der Waals surface area contributed by atoms with Crippen molar-refractivity contribution in [2.75, 3.05) is 7.11 Å². The SMILES string of the molecule is COc1cc(CNCc2cccs2)c(Br)cc1OCc1ccccc1C. The molecule has 0 atom stereocenters. The molecule has 1 N–H and O–H groups in total. The summed E-state index contributed by atoms with van der Waals surface area (Å²) in [6.45, 7) is 4.23. The lowest BCUT2D eigenvalue weighted by molar-refractivity contribution is 0.283. The zero-order valence-corrected chi connectivity index (χ0v) is 17.3. The Morgan fingerprint density at radius 2 is 1.85 bits per heavy atom. The van der Waals surface area contributed by atoms with Gasteiger partial charge in [-0.1, -0.05) is 46.3 Å². The van der Waals surface area contributed by atoms with Crippen LogP contribution in [0.4, 0.5) is 0 Å². The van der Waals surface area contributed by atoms with Gasteiger partial charge in [0, 0.05) is 22.4 Å². The predicted octanol–water partition coefficient (Wildman–Crippen LogP) is 5.70. The molecular weight excluding hydrogens is 410 g/mol. The van der Waals surface area contributed by atoms with E-state index in [0.29, 0.717) is 6.61 Å². The molecule has 0 aliphatic heterocycles. The minimum Gasteiger partial charge on any atom is -0.493 e. The second kappa shape index (κ2) is 9.21. The molecule has 0 saturated carbocycles. The minimum atomic E-state index is 0.519. The molecule has 3 rings (SSSR count). The maximum atomic E-state index is 6.02. The molecular formula is C21H22BrNO2S. The van der Waals surface area contributed by atoms with Gasteiger partial charge in [-0.15, -0.1) is 11.3 Å². The van der Waals surface area contributed by atoms with E-state index in [9.17, 15) is 0 Å². The Balaban J connectivity index is 1.67. The summed E-state index contributed by atoms with van der Waals surface area (Å²) in [6, 6.07) is 16.5. The highest BCUT2D eigenvalue weighted by Crippen LogP contribution is 2.34. The fraction of sp³-hybridized carbons (Fsp3) is 0.238. The lowest BCUT2D eigenvalue weighted by Crippen LogP contribution is -2.12. The molecule has 136 valence electrons. The normalized spacial score (nSPS) is 10.7. The third-order valence-corrected chi connectivity index (χ3v) is 5.79. The number of aryl methyl sites for hydroxylation is 1. The van der Waals surface area contributed by atoms with E-state index in [1.807, 2.05) is 24.3 Å². The Kier molecular flexibility index (Phi) is 6.72. The molecule has 0 aliphatic carbocycles. The molecule has 5 heteroatoms. The number of benzene rings is 2. The maximum absolute atomic E-state index is 6.02. The van der Waals surface area contributed by atoms with Gasteiger partial charge in [-0.3, -0.25) is 0 Å². The van der Waals surface area contributed by atoms with Crippen molar-refractivity contribution in [2.24, 2.45) is 0 Å². The number of ether oxygens (including phenoxy) is 2. The van der Waals surface area contributed by atoms with Gasteiger partial charge in [0.05, 0.1) is 7.11 Å². The van der Waals surface area contributed by atoms with E-state index in [2.05, 4.69) is 57.8 Å². The van der Waals surface area contributed by atoms with Crippen LogP contribution in [-0.2, 0) is 19.7 Å². The molecule has 0 radical (unpaired) electrons. The smallest absolute Gasteiger partial charge is 0.162 e. The molecule has 2 aromatic carbocycles. The van der Waals surface area contributed by atoms with E-state index in [1.54, 1.807) is 18.4 Å². The van der Waals surface area contributed by atoms with Crippen LogP contribution < -0.4 is 14.8 Å². The molecule has 0 fully saturated rings. The monoisotopic (exact) mass is 431 g/mol. The van der Waals surface area contributed by atoms with Gasteiger partial charge in [-0.25, -0.2) is 0 Å². The minimum absolute atomic E-state index is 0.519. The van der Waals surface area contributed by atoms with Crippen LogP contribution >= 0.6 is 27.3 Å². The first-order valence-electron chi connectivity index (χ1n) is 8.44. The first kappa shape index (κ1) is 19.0. The quantitative estimate of drug-likeness (QED) is 0.496. The van der Waals surface area contributed by atoms with Crippen LogP contribution in [-0.4, -0.2) is 7.11 Å². The molecule has 1 aromatic heterocycles. The van der Waals surface area contributed by atoms with Gasteiger partial charge in [-0.2, -0.15) is 0 Å². The number of hydrogen-bond acceptors (Lipinski definition) is 4. The Bertz CT molecular complexity index is 849. The Labute approximate surface area is 167 Å². The molecule has 0 aliphatic rings. The molecule has 1 heterocycles. The Hall–Kier alpha value is -1.82. The number of rotatable bonds is 8. The standard InChI is InChI=1S/C21H22BrNO2S/c1-15-6-3-4-7-16(15)14-25-21-11-19(22)17(10-20(21)24-2)12-23-13-18-8-5-9-26-18/h3-11,23H,12-14H2,1-2H3.